The number of para-hydroxylation sites is 1. The number of piperazine rings is 1. The molecule has 4 aromatic rings. The van der Waals surface area contributed by atoms with E-state index in [1.807, 2.05) is 6.07 Å². The van der Waals surface area contributed by atoms with Crippen molar-refractivity contribution in [2.45, 2.75) is 39.8 Å². The van der Waals surface area contributed by atoms with Gasteiger partial charge < -0.3 is 20.5 Å². The summed E-state index contributed by atoms with van der Waals surface area (Å²) in [7, 11) is 0. The van der Waals surface area contributed by atoms with Crippen LogP contribution >= 0.6 is 0 Å². The van der Waals surface area contributed by atoms with Crippen molar-refractivity contribution in [1.82, 2.24) is 14.9 Å². The zero-order valence-electron chi connectivity index (χ0n) is 22.4. The molecule has 3 heterocycles. The highest BCUT2D eigenvalue weighted by Crippen LogP contribution is 2.32. The summed E-state index contributed by atoms with van der Waals surface area (Å²) in [5.74, 6) is 1.20. The van der Waals surface area contributed by atoms with Crippen LogP contribution < -0.4 is 15.5 Å². The molecule has 1 aromatic heterocycles. The van der Waals surface area contributed by atoms with Crippen molar-refractivity contribution in [2.24, 2.45) is 5.92 Å². The van der Waals surface area contributed by atoms with Gasteiger partial charge in [-0.3, -0.25) is 9.69 Å². The molecule has 1 saturated heterocycles. The number of aryl methyl sites for hydroxylation is 1. The van der Waals surface area contributed by atoms with Crippen LogP contribution in [0.2, 0.25) is 0 Å². The molecule has 0 spiro atoms. The predicted molar refractivity (Wildman–Crippen MR) is 156 cm³/mol. The number of H-pyrrole nitrogens is 1. The van der Waals surface area contributed by atoms with E-state index in [1.165, 1.54) is 16.8 Å². The first-order valence-electron chi connectivity index (χ1n) is 13.7. The van der Waals surface area contributed by atoms with Crippen LogP contribution in [0.15, 0.2) is 60.7 Å². The first kappa shape index (κ1) is 24.5. The van der Waals surface area contributed by atoms with E-state index in [1.54, 1.807) is 0 Å². The highest BCUT2D eigenvalue weighted by molar-refractivity contribution is 6.03. The smallest absolute Gasteiger partial charge is 0.247 e. The van der Waals surface area contributed by atoms with Crippen LogP contribution in [0.1, 0.15) is 31.9 Å². The largest absolute Gasteiger partial charge is 0.372 e. The summed E-state index contributed by atoms with van der Waals surface area (Å²) in [5.41, 5.74) is 8.92. The van der Waals surface area contributed by atoms with E-state index in [-0.39, 0.29) is 17.9 Å². The molecule has 196 valence electrons. The molecule has 2 aliphatic rings. The van der Waals surface area contributed by atoms with Gasteiger partial charge in [-0.2, -0.15) is 0 Å². The lowest BCUT2D eigenvalue weighted by molar-refractivity contribution is -0.117. The number of aromatic amines is 1. The minimum absolute atomic E-state index is 0.0461. The average Bonchev–Trinajstić information content (AvgIpc) is 3.38. The normalized spacial score (nSPS) is 17.9. The highest BCUT2D eigenvalue weighted by atomic mass is 16.2. The second kappa shape index (κ2) is 10.1. The molecule has 1 unspecified atom stereocenters. The van der Waals surface area contributed by atoms with Gasteiger partial charge in [0.25, 0.3) is 0 Å². The average molecular weight is 509 g/mol. The third kappa shape index (κ3) is 4.74. The molecular weight excluding hydrogens is 472 g/mol. The SMILES string of the molecule is CCc1ccc(-c2nc3c(N4CCN(Cc5ccc6c(c5)NC(C(C)C)C(=O)N6)CC4)cccc3[nH]2)cc1. The van der Waals surface area contributed by atoms with Gasteiger partial charge in [-0.15, -0.1) is 0 Å². The molecule has 0 bridgehead atoms. The molecule has 2 aliphatic heterocycles. The molecule has 0 aliphatic carbocycles. The molecule has 1 fully saturated rings. The number of anilines is 3. The van der Waals surface area contributed by atoms with Gasteiger partial charge in [-0.25, -0.2) is 4.98 Å². The number of fused-ring (bicyclic) bond motifs is 2. The van der Waals surface area contributed by atoms with Crippen molar-refractivity contribution in [3.05, 3.63) is 71.8 Å². The summed E-state index contributed by atoms with van der Waals surface area (Å²) in [5, 5.41) is 6.49. The second-order valence-electron chi connectivity index (χ2n) is 10.8. The number of hydrogen-bond acceptors (Lipinski definition) is 5. The maximum atomic E-state index is 12.3. The van der Waals surface area contributed by atoms with Gasteiger partial charge >= 0.3 is 0 Å². The Morgan fingerprint density at radius 2 is 1.71 bits per heavy atom. The number of imidazole rings is 1. The summed E-state index contributed by atoms with van der Waals surface area (Å²) in [6.07, 6.45) is 1.04. The lowest BCUT2D eigenvalue weighted by Crippen LogP contribution is -2.46. The molecule has 0 saturated carbocycles. The number of carbonyl (C=O) groups is 1. The van der Waals surface area contributed by atoms with E-state index in [9.17, 15) is 4.79 Å². The van der Waals surface area contributed by atoms with Crippen molar-refractivity contribution in [3.63, 3.8) is 0 Å². The summed E-state index contributed by atoms with van der Waals surface area (Å²) in [6, 6.07) is 21.2. The fourth-order valence-corrected chi connectivity index (χ4v) is 5.54. The number of nitrogens with zero attached hydrogens (tertiary/aromatic N) is 3. The van der Waals surface area contributed by atoms with Crippen LogP contribution in [-0.4, -0.2) is 53.0 Å². The Balaban J connectivity index is 1.13. The van der Waals surface area contributed by atoms with Crippen molar-refractivity contribution in [1.29, 1.82) is 0 Å². The number of rotatable bonds is 6. The van der Waals surface area contributed by atoms with Gasteiger partial charge in [0.2, 0.25) is 5.91 Å². The van der Waals surface area contributed by atoms with Crippen molar-refractivity contribution in [3.8, 4) is 11.4 Å². The summed E-state index contributed by atoms with van der Waals surface area (Å²) in [4.78, 5) is 25.8. The number of aromatic nitrogens is 2. The Morgan fingerprint density at radius 1 is 0.947 bits per heavy atom. The number of hydrogen-bond donors (Lipinski definition) is 3. The monoisotopic (exact) mass is 508 g/mol. The topological polar surface area (TPSA) is 76.3 Å². The Bertz CT molecular complexity index is 1450. The molecule has 7 heteroatoms. The van der Waals surface area contributed by atoms with Crippen LogP contribution in [0.4, 0.5) is 17.1 Å². The van der Waals surface area contributed by atoms with Gasteiger partial charge in [0.05, 0.1) is 22.6 Å². The fraction of sp³-hybridized carbons (Fsp3) is 0.355. The molecule has 3 N–H and O–H groups in total. The van der Waals surface area contributed by atoms with E-state index < -0.39 is 0 Å². The van der Waals surface area contributed by atoms with Gasteiger partial charge in [0.15, 0.2) is 0 Å². The molecule has 38 heavy (non-hydrogen) atoms. The highest BCUT2D eigenvalue weighted by Gasteiger charge is 2.28. The van der Waals surface area contributed by atoms with Crippen LogP contribution in [0.25, 0.3) is 22.4 Å². The molecule has 7 nitrogen and oxygen atoms in total. The summed E-state index contributed by atoms with van der Waals surface area (Å²) < 4.78 is 0. The zero-order valence-corrected chi connectivity index (χ0v) is 22.4. The van der Waals surface area contributed by atoms with Crippen LogP contribution in [0.5, 0.6) is 0 Å². The minimum Gasteiger partial charge on any atom is -0.372 e. The van der Waals surface area contributed by atoms with E-state index in [4.69, 9.17) is 4.98 Å². The molecule has 6 rings (SSSR count). The summed E-state index contributed by atoms with van der Waals surface area (Å²) >= 11 is 0. The molecule has 1 amide bonds. The second-order valence-corrected chi connectivity index (χ2v) is 10.8. The van der Waals surface area contributed by atoms with E-state index in [0.717, 1.165) is 72.9 Å². The lowest BCUT2D eigenvalue weighted by atomic mass is 9.99. The lowest BCUT2D eigenvalue weighted by Gasteiger charge is -2.36. The predicted octanol–water partition coefficient (Wildman–Crippen LogP) is 5.50. The molecule has 1 atom stereocenters. The van der Waals surface area contributed by atoms with Crippen molar-refractivity contribution < 1.29 is 4.79 Å². The first-order valence-corrected chi connectivity index (χ1v) is 13.7. The minimum atomic E-state index is -0.192. The Kier molecular flexibility index (Phi) is 6.54. The van der Waals surface area contributed by atoms with E-state index in [2.05, 4.69) is 101 Å². The molecule has 3 aromatic carbocycles. The van der Waals surface area contributed by atoms with Gasteiger partial charge in [-0.05, 0) is 47.7 Å². The third-order valence-corrected chi connectivity index (χ3v) is 7.85. The molecular formula is C31H36N6O. The zero-order chi connectivity index (χ0) is 26.2. The molecule has 0 radical (unpaired) electrons. The third-order valence-electron chi connectivity index (χ3n) is 7.85. The quantitative estimate of drug-likeness (QED) is 0.321. The fourth-order valence-electron chi connectivity index (χ4n) is 5.54. The maximum Gasteiger partial charge on any atom is 0.247 e. The Hall–Kier alpha value is -3.84. The number of carbonyl (C=O) groups excluding carboxylic acids is 1. The van der Waals surface area contributed by atoms with Gasteiger partial charge in [0, 0.05) is 38.3 Å². The number of nitrogens with one attached hydrogen (secondary N) is 3. The van der Waals surface area contributed by atoms with E-state index >= 15 is 0 Å². The maximum absolute atomic E-state index is 12.3. The standard InChI is InChI=1S/C31H36N6O/c1-4-21-8-11-23(12-9-21)30-33-25-6-5-7-27(29(25)35-30)37-16-14-36(15-17-37)19-22-10-13-24-26(18-22)32-28(20(2)3)31(38)34-24/h5-13,18,20,28,32H,4,14-17,19H2,1-3H3,(H,33,35)(H,34,38). The van der Waals surface area contributed by atoms with Gasteiger partial charge in [-0.1, -0.05) is 57.2 Å². The Morgan fingerprint density at radius 3 is 2.45 bits per heavy atom. The van der Waals surface area contributed by atoms with Gasteiger partial charge in [0.1, 0.15) is 17.4 Å². The van der Waals surface area contributed by atoms with Crippen LogP contribution in [0.3, 0.4) is 0 Å². The van der Waals surface area contributed by atoms with Crippen LogP contribution in [0, 0.1) is 5.92 Å². The number of amides is 1. The summed E-state index contributed by atoms with van der Waals surface area (Å²) in [6.45, 7) is 11.1. The Labute approximate surface area is 224 Å². The number of benzene rings is 3. The van der Waals surface area contributed by atoms with Crippen molar-refractivity contribution >= 4 is 34.0 Å². The van der Waals surface area contributed by atoms with Crippen LogP contribution in [-0.2, 0) is 17.8 Å². The van der Waals surface area contributed by atoms with E-state index in [0.29, 0.717) is 0 Å². The first-order chi connectivity index (χ1) is 18.5. The van der Waals surface area contributed by atoms with Crippen molar-refractivity contribution in [2.75, 3.05) is 41.7 Å².